The van der Waals surface area contributed by atoms with Gasteiger partial charge in [-0.1, -0.05) is 29.8 Å². The number of amides is 2. The van der Waals surface area contributed by atoms with Crippen molar-refractivity contribution in [2.75, 3.05) is 16.3 Å². The summed E-state index contributed by atoms with van der Waals surface area (Å²) in [5.74, 6) is 0.174. The van der Waals surface area contributed by atoms with Gasteiger partial charge in [-0.3, -0.25) is 9.59 Å². The maximum absolute atomic E-state index is 13.5. The Balaban J connectivity index is 1.68. The monoisotopic (exact) mass is 396 g/mol. The van der Waals surface area contributed by atoms with E-state index in [0.29, 0.717) is 18.0 Å². The molecule has 1 heterocycles. The average molecular weight is 397 g/mol. The summed E-state index contributed by atoms with van der Waals surface area (Å²) in [6.07, 6.45) is 2.60. The zero-order chi connectivity index (χ0) is 19.8. The van der Waals surface area contributed by atoms with Gasteiger partial charge in [0, 0.05) is 34.9 Å². The van der Waals surface area contributed by atoms with Gasteiger partial charge >= 0.3 is 0 Å². The normalized spacial score (nSPS) is 21.2. The van der Waals surface area contributed by atoms with E-state index in [0.717, 1.165) is 29.8 Å². The lowest BCUT2D eigenvalue weighted by Gasteiger charge is -2.40. The molecule has 1 fully saturated rings. The number of nitrogens with zero attached hydrogens (tertiary/aromatic N) is 2. The molecule has 2 aromatic rings. The topological polar surface area (TPSA) is 40.6 Å². The number of carbonyl (C=O) groups is 2. The van der Waals surface area contributed by atoms with Crippen molar-refractivity contribution in [2.24, 2.45) is 5.92 Å². The Labute approximate surface area is 171 Å². The number of halogens is 1. The molecule has 0 saturated heterocycles. The molecule has 28 heavy (non-hydrogen) atoms. The van der Waals surface area contributed by atoms with Crippen molar-refractivity contribution < 1.29 is 9.59 Å². The molecule has 4 rings (SSSR count). The van der Waals surface area contributed by atoms with Gasteiger partial charge in [-0.25, -0.2) is 0 Å². The van der Waals surface area contributed by atoms with E-state index in [1.165, 1.54) is 0 Å². The third-order valence-corrected chi connectivity index (χ3v) is 6.02. The maximum Gasteiger partial charge on any atom is 0.234 e. The first-order valence-corrected chi connectivity index (χ1v) is 10.4. The van der Waals surface area contributed by atoms with Gasteiger partial charge in [0.1, 0.15) is 0 Å². The summed E-state index contributed by atoms with van der Waals surface area (Å²) in [5.41, 5.74) is 2.69. The third-order valence-electron chi connectivity index (χ3n) is 5.77. The molecule has 2 aromatic carbocycles. The minimum atomic E-state index is -0.259. The van der Waals surface area contributed by atoms with Crippen LogP contribution in [0.1, 0.15) is 44.6 Å². The molecule has 0 N–H and O–H groups in total. The lowest BCUT2D eigenvalue weighted by molar-refractivity contribution is -0.122. The van der Waals surface area contributed by atoms with E-state index in [1.54, 1.807) is 12.1 Å². The highest BCUT2D eigenvalue weighted by Crippen LogP contribution is 2.43. The Kier molecular flexibility index (Phi) is 5.15. The van der Waals surface area contributed by atoms with Gasteiger partial charge in [-0.15, -0.1) is 0 Å². The Morgan fingerprint density at radius 1 is 1.11 bits per heavy atom. The average Bonchev–Trinajstić information content (AvgIpc) is 3.54. The van der Waals surface area contributed by atoms with Crippen LogP contribution in [-0.2, 0) is 9.59 Å². The van der Waals surface area contributed by atoms with Crippen LogP contribution in [0.2, 0.25) is 5.02 Å². The van der Waals surface area contributed by atoms with Crippen molar-refractivity contribution in [3.05, 3.63) is 59.1 Å². The fourth-order valence-electron chi connectivity index (χ4n) is 4.18. The van der Waals surface area contributed by atoms with E-state index < -0.39 is 0 Å². The molecule has 2 atom stereocenters. The first kappa shape index (κ1) is 19.0. The number of fused-ring (bicyclic) bond motifs is 1. The molecule has 4 nitrogen and oxygen atoms in total. The second kappa shape index (κ2) is 7.59. The molecule has 2 amide bonds. The van der Waals surface area contributed by atoms with Crippen molar-refractivity contribution in [1.82, 2.24) is 0 Å². The van der Waals surface area contributed by atoms with E-state index in [9.17, 15) is 9.59 Å². The first-order chi connectivity index (χ1) is 13.5. The molecule has 0 bridgehead atoms. The summed E-state index contributed by atoms with van der Waals surface area (Å²) in [6, 6.07) is 15.2. The van der Waals surface area contributed by atoms with Crippen LogP contribution in [0.25, 0.3) is 0 Å². The number of likely N-dealkylation sites (N-methyl/N-ethyl adjacent to an activating group) is 1. The lowest BCUT2D eigenvalue weighted by atomic mass is 9.84. The van der Waals surface area contributed by atoms with Crippen molar-refractivity contribution >= 4 is 34.8 Å². The maximum atomic E-state index is 13.5. The Bertz CT molecular complexity index is 892. The van der Waals surface area contributed by atoms with Gasteiger partial charge in [-0.2, -0.15) is 0 Å². The highest BCUT2D eigenvalue weighted by molar-refractivity contribution is 6.30. The molecule has 1 unspecified atom stereocenters. The lowest BCUT2D eigenvalue weighted by Crippen LogP contribution is -2.47. The molecule has 0 aromatic heterocycles. The second-order valence-corrected chi connectivity index (χ2v) is 8.17. The van der Waals surface area contributed by atoms with Gasteiger partial charge < -0.3 is 9.80 Å². The number of hydrogen-bond acceptors (Lipinski definition) is 2. The Hall–Kier alpha value is -2.33. The van der Waals surface area contributed by atoms with Crippen LogP contribution in [0, 0.1) is 5.92 Å². The molecule has 1 aliphatic carbocycles. The summed E-state index contributed by atoms with van der Waals surface area (Å²) >= 11 is 6.01. The molecule has 146 valence electrons. The molecule has 0 spiro atoms. The number of hydrogen-bond donors (Lipinski definition) is 0. The zero-order valence-electron chi connectivity index (χ0n) is 16.3. The fraction of sp³-hybridized carbons (Fsp3) is 0.391. The molecular weight excluding hydrogens is 372 g/mol. The van der Waals surface area contributed by atoms with E-state index in [1.807, 2.05) is 53.1 Å². The van der Waals surface area contributed by atoms with Gasteiger partial charge in [0.2, 0.25) is 11.8 Å². The molecule has 5 heteroatoms. The fourth-order valence-corrected chi connectivity index (χ4v) is 4.31. The summed E-state index contributed by atoms with van der Waals surface area (Å²) in [4.78, 5) is 30.1. The van der Waals surface area contributed by atoms with Crippen molar-refractivity contribution in [2.45, 2.75) is 45.1 Å². The minimum Gasteiger partial charge on any atom is -0.312 e. The molecule has 1 aliphatic heterocycles. The highest BCUT2D eigenvalue weighted by Gasteiger charge is 2.42. The number of carbonyl (C=O) groups excluding carboxylic acids is 2. The van der Waals surface area contributed by atoms with Gasteiger partial charge in [0.05, 0.1) is 5.92 Å². The van der Waals surface area contributed by atoms with Crippen LogP contribution in [-0.4, -0.2) is 24.4 Å². The summed E-state index contributed by atoms with van der Waals surface area (Å²) < 4.78 is 0. The van der Waals surface area contributed by atoms with Crippen molar-refractivity contribution in [1.29, 1.82) is 0 Å². The van der Waals surface area contributed by atoms with Crippen LogP contribution in [0.3, 0.4) is 0 Å². The van der Waals surface area contributed by atoms with E-state index in [4.69, 9.17) is 11.6 Å². The Morgan fingerprint density at radius 2 is 1.79 bits per heavy atom. The highest BCUT2D eigenvalue weighted by atomic mass is 35.5. The number of anilines is 2. The number of rotatable bonds is 4. The quantitative estimate of drug-likeness (QED) is 0.728. The van der Waals surface area contributed by atoms with Crippen LogP contribution >= 0.6 is 11.6 Å². The van der Waals surface area contributed by atoms with Gasteiger partial charge in [0.15, 0.2) is 0 Å². The van der Waals surface area contributed by atoms with E-state index >= 15 is 0 Å². The summed E-state index contributed by atoms with van der Waals surface area (Å²) in [7, 11) is 0. The Morgan fingerprint density at radius 3 is 2.43 bits per heavy atom. The minimum absolute atomic E-state index is 0.000809. The zero-order valence-corrected chi connectivity index (χ0v) is 17.0. The van der Waals surface area contributed by atoms with Crippen LogP contribution in [0.5, 0.6) is 0 Å². The van der Waals surface area contributed by atoms with Crippen LogP contribution < -0.4 is 9.80 Å². The largest absolute Gasteiger partial charge is 0.312 e. The number of benzene rings is 2. The van der Waals surface area contributed by atoms with Crippen molar-refractivity contribution in [3.63, 3.8) is 0 Å². The smallest absolute Gasteiger partial charge is 0.234 e. The van der Waals surface area contributed by atoms with Crippen LogP contribution in [0.4, 0.5) is 11.4 Å². The molecule has 0 radical (unpaired) electrons. The summed E-state index contributed by atoms with van der Waals surface area (Å²) in [6.45, 7) is 4.61. The summed E-state index contributed by atoms with van der Waals surface area (Å²) in [5, 5.41) is 0.651. The second-order valence-electron chi connectivity index (χ2n) is 7.74. The SMILES string of the molecule is CCN(C(=O)C1C[C@H](C)N(C(=O)C2CC2)c2ccccc21)c1ccc(Cl)cc1. The van der Waals surface area contributed by atoms with E-state index in [2.05, 4.69) is 6.92 Å². The molecule has 1 saturated carbocycles. The van der Waals surface area contributed by atoms with Gasteiger partial charge in [0.25, 0.3) is 0 Å². The van der Waals surface area contributed by atoms with Crippen LogP contribution in [0.15, 0.2) is 48.5 Å². The standard InChI is InChI=1S/C23H25ClN2O2/c1-3-25(18-12-10-17(24)11-13-18)23(28)20-14-15(2)26(22(27)16-8-9-16)21-7-5-4-6-19(20)21/h4-7,10-13,15-16,20H,3,8-9,14H2,1-2H3/t15-,20?/m0/s1. The van der Waals surface area contributed by atoms with Gasteiger partial charge in [-0.05, 0) is 69.0 Å². The first-order valence-electron chi connectivity index (χ1n) is 10.00. The number of para-hydroxylation sites is 1. The predicted molar refractivity (Wildman–Crippen MR) is 113 cm³/mol. The third kappa shape index (κ3) is 3.42. The predicted octanol–water partition coefficient (Wildman–Crippen LogP) is 5.01. The molecular formula is C23H25ClN2O2. The van der Waals surface area contributed by atoms with Crippen molar-refractivity contribution in [3.8, 4) is 0 Å². The molecule has 2 aliphatic rings. The van der Waals surface area contributed by atoms with E-state index in [-0.39, 0.29) is 29.7 Å².